The zero-order valence-electron chi connectivity index (χ0n) is 13.8. The first kappa shape index (κ1) is 17.7. The van der Waals surface area contributed by atoms with Crippen molar-refractivity contribution in [2.75, 3.05) is 0 Å². The van der Waals surface area contributed by atoms with E-state index in [1.807, 2.05) is 30.3 Å². The van der Waals surface area contributed by atoms with Crippen LogP contribution in [0.15, 0.2) is 41.6 Å². The summed E-state index contributed by atoms with van der Waals surface area (Å²) in [4.78, 5) is 19.7. The Labute approximate surface area is 129 Å². The fraction of sp³-hybridized carbons (Fsp3) is 0.471. The van der Waals surface area contributed by atoms with Crippen LogP contribution in [-0.4, -0.2) is 32.2 Å². The molecule has 0 aliphatic carbocycles. The third-order valence-electron chi connectivity index (χ3n) is 3.31. The predicted octanol–water partition coefficient (Wildman–Crippen LogP) is 5.40. The van der Waals surface area contributed by atoms with Gasteiger partial charge in [0.15, 0.2) is 0 Å². The van der Waals surface area contributed by atoms with Crippen LogP contribution in [0.5, 0.6) is 0 Å². The molecule has 0 saturated heterocycles. The zero-order valence-corrected chi connectivity index (χ0v) is 17.6. The number of rotatable bonds is 6. The van der Waals surface area contributed by atoms with Crippen LogP contribution in [-0.2, 0) is 0 Å². The van der Waals surface area contributed by atoms with E-state index >= 15 is 0 Å². The second kappa shape index (κ2) is 7.08. The van der Waals surface area contributed by atoms with Gasteiger partial charge in [-0.2, -0.15) is 0 Å². The van der Waals surface area contributed by atoms with Gasteiger partial charge >= 0.3 is 130 Å². The molecule has 0 fully saturated rings. The summed E-state index contributed by atoms with van der Waals surface area (Å²) < 4.78 is 1.30. The van der Waals surface area contributed by atoms with Gasteiger partial charge in [-0.3, -0.25) is 0 Å². The van der Waals surface area contributed by atoms with Gasteiger partial charge in [-0.25, -0.2) is 0 Å². The van der Waals surface area contributed by atoms with E-state index in [-0.39, 0.29) is 5.78 Å². The molecule has 0 amide bonds. The van der Waals surface area contributed by atoms with E-state index in [0.717, 1.165) is 5.56 Å². The Kier molecular flexibility index (Phi) is 6.26. The SMILES string of the molecule is C[Si](C)(C)/C(=C/CC(=O)c1ccccc1)[CH2][Sn]([CH3])([CH3])[CH3]. The number of hydrogen-bond donors (Lipinski definition) is 0. The molecule has 1 aromatic carbocycles. The summed E-state index contributed by atoms with van der Waals surface area (Å²) in [5, 5.41) is 1.60. The first-order valence-corrected chi connectivity index (χ1v) is 21.5. The van der Waals surface area contributed by atoms with Crippen molar-refractivity contribution < 1.29 is 4.79 Å². The number of hydrogen-bond acceptors (Lipinski definition) is 1. The average Bonchev–Trinajstić information content (AvgIpc) is 2.32. The Morgan fingerprint density at radius 3 is 2.10 bits per heavy atom. The van der Waals surface area contributed by atoms with Crippen molar-refractivity contribution >= 4 is 32.2 Å². The third kappa shape index (κ3) is 6.40. The minimum atomic E-state index is -1.85. The molecule has 1 aromatic rings. The molecule has 0 radical (unpaired) electrons. The van der Waals surface area contributed by atoms with Gasteiger partial charge in [0, 0.05) is 0 Å². The molecule has 0 spiro atoms. The van der Waals surface area contributed by atoms with Crippen molar-refractivity contribution in [3.05, 3.63) is 47.2 Å². The van der Waals surface area contributed by atoms with Crippen LogP contribution in [0.1, 0.15) is 16.8 Å². The summed E-state index contributed by atoms with van der Waals surface area (Å²) >= 11 is -1.85. The third-order valence-corrected chi connectivity index (χ3v) is 10.7. The number of carbonyl (C=O) groups excluding carboxylic acids is 1. The molecule has 0 N–H and O–H groups in total. The molecular weight excluding hydrogens is 367 g/mol. The molecule has 0 unspecified atom stereocenters. The number of ketones is 1. The van der Waals surface area contributed by atoms with Crippen molar-refractivity contribution in [3.8, 4) is 0 Å². The Bertz CT molecular complexity index is 478. The molecular formula is C17H28OSiSn. The van der Waals surface area contributed by atoms with E-state index in [4.69, 9.17) is 0 Å². The molecule has 3 heteroatoms. The normalized spacial score (nSPS) is 13.4. The molecule has 1 nitrogen and oxygen atoms in total. The first-order valence-electron chi connectivity index (χ1n) is 7.37. The van der Waals surface area contributed by atoms with Gasteiger partial charge in [0.1, 0.15) is 0 Å². The summed E-state index contributed by atoms with van der Waals surface area (Å²) in [5.41, 5.74) is 0.831. The second-order valence-corrected chi connectivity index (χ2v) is 28.5. The summed E-state index contributed by atoms with van der Waals surface area (Å²) in [5.74, 6) is 0.241. The molecule has 0 aliphatic heterocycles. The van der Waals surface area contributed by atoms with Gasteiger partial charge in [-0.15, -0.1) is 0 Å². The van der Waals surface area contributed by atoms with E-state index in [2.05, 4.69) is 40.5 Å². The zero-order chi connectivity index (χ0) is 15.4. The van der Waals surface area contributed by atoms with E-state index in [1.165, 1.54) is 4.44 Å². The van der Waals surface area contributed by atoms with E-state index in [0.29, 0.717) is 6.42 Å². The van der Waals surface area contributed by atoms with Crippen LogP contribution in [0, 0.1) is 0 Å². The van der Waals surface area contributed by atoms with Crippen LogP contribution in [0.25, 0.3) is 0 Å². The van der Waals surface area contributed by atoms with Gasteiger partial charge in [0.25, 0.3) is 0 Å². The van der Waals surface area contributed by atoms with Crippen molar-refractivity contribution in [3.63, 3.8) is 0 Å². The van der Waals surface area contributed by atoms with Gasteiger partial charge in [0.05, 0.1) is 0 Å². The van der Waals surface area contributed by atoms with Gasteiger partial charge < -0.3 is 0 Å². The van der Waals surface area contributed by atoms with Crippen LogP contribution in [0.3, 0.4) is 0 Å². The van der Waals surface area contributed by atoms with E-state index in [1.54, 1.807) is 5.20 Å². The topological polar surface area (TPSA) is 17.1 Å². The number of Topliss-reactive ketones (excluding diaryl/α,β-unsaturated/α-hetero) is 1. The van der Waals surface area contributed by atoms with Gasteiger partial charge in [0.2, 0.25) is 0 Å². The monoisotopic (exact) mass is 396 g/mol. The van der Waals surface area contributed by atoms with Crippen molar-refractivity contribution in [2.45, 2.75) is 45.3 Å². The molecule has 0 atom stereocenters. The van der Waals surface area contributed by atoms with Crippen molar-refractivity contribution in [1.82, 2.24) is 0 Å². The van der Waals surface area contributed by atoms with Crippen LogP contribution in [0.2, 0.25) is 38.9 Å². The maximum absolute atomic E-state index is 12.2. The molecule has 0 aromatic heterocycles. The molecule has 20 heavy (non-hydrogen) atoms. The Morgan fingerprint density at radius 1 is 1.10 bits per heavy atom. The quantitative estimate of drug-likeness (QED) is 0.466. The molecule has 1 rings (SSSR count). The first-order chi connectivity index (χ1) is 9.09. The number of benzene rings is 1. The number of carbonyl (C=O) groups is 1. The predicted molar refractivity (Wildman–Crippen MR) is 95.0 cm³/mol. The molecule has 0 heterocycles. The van der Waals surface area contributed by atoms with Gasteiger partial charge in [-0.05, 0) is 0 Å². The summed E-state index contributed by atoms with van der Waals surface area (Å²) in [6, 6.07) is 9.64. The van der Waals surface area contributed by atoms with Crippen molar-refractivity contribution in [1.29, 1.82) is 0 Å². The Morgan fingerprint density at radius 2 is 1.65 bits per heavy atom. The molecule has 110 valence electrons. The molecule has 0 bridgehead atoms. The Hall–Kier alpha value is -0.354. The standard InChI is InChI=1S/C14H19OSi.3CH3.Sn/c1-12(16(2,3)4)10-11-14(15)13-8-6-5-7-9-13;;;;/h5-10H,1,11H2,2-4H3;3*1H3;/b12-10+;;;;. The van der Waals surface area contributed by atoms with Crippen molar-refractivity contribution in [2.24, 2.45) is 0 Å². The molecule has 0 saturated carbocycles. The summed E-state index contributed by atoms with van der Waals surface area (Å²) in [7, 11) is -1.30. The number of allylic oxidation sites excluding steroid dienone is 2. The van der Waals surface area contributed by atoms with Gasteiger partial charge in [-0.1, -0.05) is 0 Å². The fourth-order valence-corrected chi connectivity index (χ4v) is 15.2. The second-order valence-electron chi connectivity index (χ2n) is 7.71. The molecule has 0 aliphatic rings. The fourth-order valence-electron chi connectivity index (χ4n) is 2.17. The van der Waals surface area contributed by atoms with E-state index < -0.39 is 26.5 Å². The van der Waals surface area contributed by atoms with E-state index in [9.17, 15) is 4.79 Å². The Balaban J connectivity index is 2.85. The summed E-state index contributed by atoms with van der Waals surface area (Å²) in [6.07, 6.45) is 2.81. The van der Waals surface area contributed by atoms with Crippen LogP contribution >= 0.6 is 0 Å². The summed E-state index contributed by atoms with van der Waals surface area (Å²) in [6.45, 7) is 7.18. The van der Waals surface area contributed by atoms with Crippen LogP contribution < -0.4 is 0 Å². The van der Waals surface area contributed by atoms with Crippen LogP contribution in [0.4, 0.5) is 0 Å². The minimum absolute atomic E-state index is 0.241. The average molecular weight is 395 g/mol. The maximum atomic E-state index is 12.2.